The highest BCUT2D eigenvalue weighted by Crippen LogP contribution is 2.26. The molecule has 2 fully saturated rings. The molecular formula is C24H29N3O3S. The summed E-state index contributed by atoms with van der Waals surface area (Å²) in [6.45, 7) is 5.89. The van der Waals surface area contributed by atoms with Crippen molar-refractivity contribution in [2.75, 3.05) is 32.8 Å². The van der Waals surface area contributed by atoms with Crippen molar-refractivity contribution in [2.24, 2.45) is 5.92 Å². The third-order valence-corrected chi connectivity index (χ3v) is 8.50. The lowest BCUT2D eigenvalue weighted by Crippen LogP contribution is -2.51. The van der Waals surface area contributed by atoms with Crippen molar-refractivity contribution in [3.05, 3.63) is 59.7 Å². The van der Waals surface area contributed by atoms with Crippen molar-refractivity contribution < 1.29 is 13.2 Å². The van der Waals surface area contributed by atoms with Gasteiger partial charge in [0, 0.05) is 38.1 Å². The maximum absolute atomic E-state index is 12.5. The fourth-order valence-corrected chi connectivity index (χ4v) is 5.91. The molecule has 0 spiro atoms. The fourth-order valence-electron chi connectivity index (χ4n) is 4.33. The summed E-state index contributed by atoms with van der Waals surface area (Å²) in [5.74, 6) is 1.16. The molecule has 2 aromatic carbocycles. The third kappa shape index (κ3) is 5.09. The molecule has 2 atom stereocenters. The first-order valence-electron chi connectivity index (χ1n) is 10.9. The molecule has 0 amide bonds. The van der Waals surface area contributed by atoms with Crippen molar-refractivity contribution in [3.63, 3.8) is 0 Å². The van der Waals surface area contributed by atoms with Crippen LogP contribution in [0.1, 0.15) is 24.5 Å². The highest BCUT2D eigenvalue weighted by atomic mass is 32.2. The zero-order valence-electron chi connectivity index (χ0n) is 17.8. The lowest BCUT2D eigenvalue weighted by atomic mass is 10.1. The van der Waals surface area contributed by atoms with Gasteiger partial charge in [0.15, 0.2) is 9.84 Å². The Bertz CT molecular complexity index is 1040. The molecule has 0 aromatic heterocycles. The molecule has 164 valence electrons. The fraction of sp³-hybridized carbons (Fsp3) is 0.458. The number of hydrogen-bond donors (Lipinski definition) is 1. The van der Waals surface area contributed by atoms with Gasteiger partial charge < -0.3 is 10.1 Å². The van der Waals surface area contributed by atoms with Gasteiger partial charge in [0.1, 0.15) is 5.75 Å². The van der Waals surface area contributed by atoms with E-state index in [-0.39, 0.29) is 5.25 Å². The van der Waals surface area contributed by atoms with Gasteiger partial charge in [0.25, 0.3) is 0 Å². The Morgan fingerprint density at radius 1 is 1.19 bits per heavy atom. The number of rotatable bonds is 8. The Morgan fingerprint density at radius 3 is 2.65 bits per heavy atom. The Hall–Kier alpha value is -2.40. The smallest absolute Gasteiger partial charge is 0.183 e. The van der Waals surface area contributed by atoms with E-state index in [0.717, 1.165) is 25.9 Å². The van der Waals surface area contributed by atoms with Crippen molar-refractivity contribution >= 4 is 9.84 Å². The molecule has 2 heterocycles. The van der Waals surface area contributed by atoms with Gasteiger partial charge in [-0.2, -0.15) is 5.26 Å². The van der Waals surface area contributed by atoms with Gasteiger partial charge in [-0.15, -0.1) is 0 Å². The molecule has 31 heavy (non-hydrogen) atoms. The van der Waals surface area contributed by atoms with E-state index in [1.54, 1.807) is 24.3 Å². The maximum Gasteiger partial charge on any atom is 0.183 e. The van der Waals surface area contributed by atoms with E-state index < -0.39 is 9.84 Å². The number of sulfone groups is 1. The van der Waals surface area contributed by atoms with Crippen LogP contribution >= 0.6 is 0 Å². The van der Waals surface area contributed by atoms with Gasteiger partial charge >= 0.3 is 0 Å². The summed E-state index contributed by atoms with van der Waals surface area (Å²) in [6, 6.07) is 17.3. The molecule has 2 aliphatic heterocycles. The third-order valence-electron chi connectivity index (χ3n) is 6.36. The monoisotopic (exact) mass is 439 g/mol. The summed E-state index contributed by atoms with van der Waals surface area (Å²) in [4.78, 5) is 2.85. The minimum absolute atomic E-state index is 0.312. The minimum atomic E-state index is -3.24. The van der Waals surface area contributed by atoms with E-state index in [9.17, 15) is 8.42 Å². The molecule has 0 saturated carbocycles. The predicted octanol–water partition coefficient (Wildman–Crippen LogP) is 2.64. The number of nitrogens with one attached hydrogen (secondary N) is 1. The summed E-state index contributed by atoms with van der Waals surface area (Å²) in [7, 11) is -3.24. The molecule has 0 radical (unpaired) electrons. The molecule has 0 aliphatic carbocycles. The average Bonchev–Trinajstić information content (AvgIpc) is 3.09. The predicted molar refractivity (Wildman–Crippen MR) is 120 cm³/mol. The number of benzene rings is 2. The zero-order chi connectivity index (χ0) is 21.8. The molecule has 6 nitrogen and oxygen atoms in total. The van der Waals surface area contributed by atoms with Crippen LogP contribution in [0.15, 0.2) is 53.4 Å². The molecule has 2 aromatic rings. The van der Waals surface area contributed by atoms with Crippen LogP contribution in [0.3, 0.4) is 0 Å². The van der Waals surface area contributed by atoms with Crippen molar-refractivity contribution in [2.45, 2.75) is 36.0 Å². The van der Waals surface area contributed by atoms with Crippen molar-refractivity contribution in [1.29, 1.82) is 5.26 Å². The molecule has 4 rings (SSSR count). The normalized spacial score (nSPS) is 22.1. The zero-order valence-corrected chi connectivity index (χ0v) is 18.6. The Balaban J connectivity index is 1.26. The summed E-state index contributed by atoms with van der Waals surface area (Å²) < 4.78 is 30.9. The minimum Gasteiger partial charge on any atom is -0.493 e. The van der Waals surface area contributed by atoms with E-state index in [1.807, 2.05) is 18.2 Å². The van der Waals surface area contributed by atoms with Gasteiger partial charge in [-0.25, -0.2) is 8.42 Å². The summed E-state index contributed by atoms with van der Waals surface area (Å²) in [5.41, 5.74) is 1.90. The first-order valence-corrected chi connectivity index (χ1v) is 12.4. The highest BCUT2D eigenvalue weighted by molar-refractivity contribution is 7.92. The van der Waals surface area contributed by atoms with Gasteiger partial charge in [0.05, 0.1) is 28.4 Å². The number of ether oxygens (including phenoxy) is 1. The summed E-state index contributed by atoms with van der Waals surface area (Å²) in [5, 5.41) is 11.8. The number of likely N-dealkylation sites (tertiary alicyclic amines) is 1. The van der Waals surface area contributed by atoms with Gasteiger partial charge in [-0.1, -0.05) is 12.1 Å². The summed E-state index contributed by atoms with van der Waals surface area (Å²) >= 11 is 0. The maximum atomic E-state index is 12.5. The van der Waals surface area contributed by atoms with Crippen LogP contribution in [0.4, 0.5) is 0 Å². The van der Waals surface area contributed by atoms with Crippen molar-refractivity contribution in [1.82, 2.24) is 10.2 Å². The topological polar surface area (TPSA) is 82.4 Å². The largest absolute Gasteiger partial charge is 0.493 e. The average molecular weight is 440 g/mol. The highest BCUT2D eigenvalue weighted by Gasteiger charge is 2.32. The van der Waals surface area contributed by atoms with Crippen LogP contribution in [0.5, 0.6) is 5.75 Å². The lowest BCUT2D eigenvalue weighted by Gasteiger charge is -2.26. The number of hydrogen-bond acceptors (Lipinski definition) is 6. The van der Waals surface area contributed by atoms with Gasteiger partial charge in [-0.05, 0) is 61.7 Å². The second-order valence-electron chi connectivity index (χ2n) is 8.62. The lowest BCUT2D eigenvalue weighted by molar-refractivity contribution is 0.234. The molecular weight excluding hydrogens is 410 g/mol. The Labute approximate surface area is 184 Å². The van der Waals surface area contributed by atoms with Crippen LogP contribution in [0, 0.1) is 17.2 Å². The SMILES string of the molecule is C[C@@H]1CC(COc2ccc(S(=O)(=O)C3CNC3)cc2)CN1CCc1cccc(C#N)c1. The molecule has 2 saturated heterocycles. The molecule has 1 N–H and O–H groups in total. The first kappa shape index (κ1) is 21.8. The Kier molecular flexibility index (Phi) is 6.61. The van der Waals surface area contributed by atoms with Crippen molar-refractivity contribution in [3.8, 4) is 11.8 Å². The van der Waals surface area contributed by atoms with E-state index in [0.29, 0.717) is 47.9 Å². The number of nitrogens with zero attached hydrogens (tertiary/aromatic N) is 2. The quantitative estimate of drug-likeness (QED) is 0.681. The molecule has 2 aliphatic rings. The Morgan fingerprint density at radius 2 is 1.97 bits per heavy atom. The second-order valence-corrected chi connectivity index (χ2v) is 10.8. The van der Waals surface area contributed by atoms with Gasteiger partial charge in [0.2, 0.25) is 0 Å². The van der Waals surface area contributed by atoms with Gasteiger partial charge in [-0.3, -0.25) is 4.90 Å². The van der Waals surface area contributed by atoms with Crippen LogP contribution in [-0.4, -0.2) is 57.4 Å². The van der Waals surface area contributed by atoms with E-state index in [1.165, 1.54) is 5.56 Å². The van der Waals surface area contributed by atoms with Crippen LogP contribution in [0.2, 0.25) is 0 Å². The number of nitriles is 1. The van der Waals surface area contributed by atoms with Crippen LogP contribution < -0.4 is 10.1 Å². The second kappa shape index (κ2) is 9.39. The molecule has 7 heteroatoms. The van der Waals surface area contributed by atoms with Crippen LogP contribution in [0.25, 0.3) is 0 Å². The molecule has 1 unspecified atom stereocenters. The van der Waals surface area contributed by atoms with E-state index in [2.05, 4.69) is 29.3 Å². The standard InChI is InChI=1S/C24H29N3O3S/c1-18-11-21(16-27(18)10-9-19-3-2-4-20(12-19)13-25)17-30-22-5-7-23(8-6-22)31(28,29)24-14-26-15-24/h2-8,12,18,21,24,26H,9-11,14-17H2,1H3/t18-,21?/m1/s1. The first-order chi connectivity index (χ1) is 15.0. The summed E-state index contributed by atoms with van der Waals surface area (Å²) in [6.07, 6.45) is 2.01. The van der Waals surface area contributed by atoms with Crippen LogP contribution in [-0.2, 0) is 16.3 Å². The van der Waals surface area contributed by atoms with E-state index in [4.69, 9.17) is 10.00 Å². The van der Waals surface area contributed by atoms with E-state index >= 15 is 0 Å². The molecule has 0 bridgehead atoms.